The fourth-order valence-corrected chi connectivity index (χ4v) is 2.55. The van der Waals surface area contributed by atoms with Crippen LogP contribution in [0.5, 0.6) is 0 Å². The van der Waals surface area contributed by atoms with Gasteiger partial charge in [0.25, 0.3) is 0 Å². The number of unbranched alkanes of at least 4 members (excludes halogenated alkanes) is 10. The van der Waals surface area contributed by atoms with Crippen molar-refractivity contribution >= 4 is 5.97 Å². The second-order valence-electron chi connectivity index (χ2n) is 6.66. The minimum absolute atomic E-state index is 0.000672. The van der Waals surface area contributed by atoms with E-state index in [1.54, 1.807) is 0 Å². The second kappa shape index (κ2) is 16.8. The third-order valence-electron chi connectivity index (χ3n) is 4.00. The number of carbonyl (C=O) groups is 1. The molecule has 0 unspecified atom stereocenters. The lowest BCUT2D eigenvalue weighted by Crippen LogP contribution is -2.12. The smallest absolute Gasteiger partial charge is 0.305 e. The Balaban J connectivity index is 3.16. The third kappa shape index (κ3) is 17.5. The first-order valence-corrected chi connectivity index (χ1v) is 9.47. The van der Waals surface area contributed by atoms with E-state index in [0.717, 1.165) is 19.4 Å². The van der Waals surface area contributed by atoms with Gasteiger partial charge in [-0.2, -0.15) is 0 Å². The number of hydrogen-bond acceptors (Lipinski definition) is 3. The van der Waals surface area contributed by atoms with Crippen LogP contribution in [0, 0.1) is 0 Å². The molecule has 0 fully saturated rings. The lowest BCUT2D eigenvalue weighted by atomic mass is 10.1. The van der Waals surface area contributed by atoms with Crippen LogP contribution in [0.25, 0.3) is 0 Å². The van der Waals surface area contributed by atoms with E-state index < -0.39 is 0 Å². The maximum atomic E-state index is 11.6. The normalized spacial score (nSPS) is 11.1. The zero-order valence-electron chi connectivity index (χ0n) is 15.4. The summed E-state index contributed by atoms with van der Waals surface area (Å²) < 4.78 is 5.28. The van der Waals surface area contributed by atoms with Crippen molar-refractivity contribution in [1.82, 2.24) is 4.90 Å². The monoisotopic (exact) mass is 313 g/mol. The first kappa shape index (κ1) is 21.4. The van der Waals surface area contributed by atoms with Gasteiger partial charge in [0.15, 0.2) is 0 Å². The Morgan fingerprint density at radius 3 is 1.95 bits per heavy atom. The van der Waals surface area contributed by atoms with Gasteiger partial charge >= 0.3 is 5.97 Å². The molecule has 0 heterocycles. The van der Waals surface area contributed by atoms with Crippen molar-refractivity contribution in [2.75, 3.05) is 27.2 Å². The summed E-state index contributed by atoms with van der Waals surface area (Å²) in [5.41, 5.74) is 0. The van der Waals surface area contributed by atoms with Crippen molar-refractivity contribution in [3.63, 3.8) is 0 Å². The van der Waals surface area contributed by atoms with E-state index >= 15 is 0 Å². The first-order valence-electron chi connectivity index (χ1n) is 9.47. The molecule has 132 valence electrons. The molecule has 3 nitrogen and oxygen atoms in total. The second-order valence-corrected chi connectivity index (χ2v) is 6.66. The first-order chi connectivity index (χ1) is 10.7. The van der Waals surface area contributed by atoms with Gasteiger partial charge in [-0.05, 0) is 39.9 Å². The Kier molecular flexibility index (Phi) is 16.4. The molecule has 0 saturated heterocycles. The third-order valence-corrected chi connectivity index (χ3v) is 4.00. The van der Waals surface area contributed by atoms with Crippen LogP contribution in [0.1, 0.15) is 90.4 Å². The summed E-state index contributed by atoms with van der Waals surface area (Å²) in [5, 5.41) is 0. The molecule has 3 heteroatoms. The van der Waals surface area contributed by atoms with Gasteiger partial charge in [0.05, 0.1) is 6.61 Å². The average molecular weight is 314 g/mol. The van der Waals surface area contributed by atoms with Gasteiger partial charge in [-0.3, -0.25) is 4.79 Å². The van der Waals surface area contributed by atoms with E-state index in [-0.39, 0.29) is 5.97 Å². The molecule has 0 aromatic rings. The number of nitrogens with zero attached hydrogens (tertiary/aromatic N) is 1. The molecule has 0 atom stereocenters. The standard InChI is InChI=1S/C19H39NO2/c1-4-5-6-7-8-9-10-13-16-19(21)22-18-15-12-11-14-17-20(2)3/h4-18H2,1-3H3. The quantitative estimate of drug-likeness (QED) is 0.290. The minimum Gasteiger partial charge on any atom is -0.466 e. The van der Waals surface area contributed by atoms with E-state index in [0.29, 0.717) is 13.0 Å². The van der Waals surface area contributed by atoms with Gasteiger partial charge in [0.1, 0.15) is 0 Å². The molecule has 0 amide bonds. The number of hydrogen-bond donors (Lipinski definition) is 0. The molecule has 0 rings (SSSR count). The van der Waals surface area contributed by atoms with Crippen LogP contribution < -0.4 is 0 Å². The number of rotatable bonds is 16. The van der Waals surface area contributed by atoms with E-state index in [1.807, 2.05) is 0 Å². The number of carbonyl (C=O) groups excluding carboxylic acids is 1. The Hall–Kier alpha value is -0.570. The summed E-state index contributed by atoms with van der Waals surface area (Å²) in [6.45, 7) is 4.01. The highest BCUT2D eigenvalue weighted by Crippen LogP contribution is 2.10. The molecule has 0 aromatic carbocycles. The molecule has 22 heavy (non-hydrogen) atoms. The zero-order valence-corrected chi connectivity index (χ0v) is 15.4. The highest BCUT2D eigenvalue weighted by atomic mass is 16.5. The largest absolute Gasteiger partial charge is 0.466 e. The van der Waals surface area contributed by atoms with E-state index in [1.165, 1.54) is 64.2 Å². The molecule has 0 saturated carbocycles. The van der Waals surface area contributed by atoms with Crippen LogP contribution in [0.2, 0.25) is 0 Å². The van der Waals surface area contributed by atoms with Crippen LogP contribution in [-0.2, 0) is 9.53 Å². The predicted octanol–water partition coefficient (Wildman–Crippen LogP) is 5.18. The van der Waals surface area contributed by atoms with E-state index in [4.69, 9.17) is 4.74 Å². The summed E-state index contributed by atoms with van der Waals surface area (Å²) >= 11 is 0. The molecule has 0 spiro atoms. The highest BCUT2D eigenvalue weighted by molar-refractivity contribution is 5.69. The van der Waals surface area contributed by atoms with Gasteiger partial charge in [0, 0.05) is 6.42 Å². The molecule has 0 aliphatic rings. The van der Waals surface area contributed by atoms with Crippen molar-refractivity contribution in [3.8, 4) is 0 Å². The average Bonchev–Trinajstić information content (AvgIpc) is 2.48. The zero-order chi connectivity index (χ0) is 16.5. The Morgan fingerprint density at radius 1 is 0.773 bits per heavy atom. The van der Waals surface area contributed by atoms with Gasteiger partial charge in [-0.15, -0.1) is 0 Å². The molecular weight excluding hydrogens is 274 g/mol. The summed E-state index contributed by atoms with van der Waals surface area (Å²) in [7, 11) is 4.21. The number of ether oxygens (including phenoxy) is 1. The summed E-state index contributed by atoms with van der Waals surface area (Å²) in [5.74, 6) is -0.000672. The SMILES string of the molecule is CCCCCCCCCCC(=O)OCCCCCCN(C)C. The maximum Gasteiger partial charge on any atom is 0.305 e. The molecule has 0 bridgehead atoms. The van der Waals surface area contributed by atoms with Crippen LogP contribution in [0.15, 0.2) is 0 Å². The van der Waals surface area contributed by atoms with Crippen molar-refractivity contribution in [3.05, 3.63) is 0 Å². The van der Waals surface area contributed by atoms with Gasteiger partial charge in [-0.1, -0.05) is 64.7 Å². The lowest BCUT2D eigenvalue weighted by molar-refractivity contribution is -0.143. The summed E-state index contributed by atoms with van der Waals surface area (Å²) in [4.78, 5) is 13.8. The Labute approximate surface area is 138 Å². The van der Waals surface area contributed by atoms with Crippen molar-refractivity contribution in [1.29, 1.82) is 0 Å². The van der Waals surface area contributed by atoms with Crippen LogP contribution >= 0.6 is 0 Å². The van der Waals surface area contributed by atoms with Gasteiger partial charge < -0.3 is 9.64 Å². The van der Waals surface area contributed by atoms with E-state index in [2.05, 4.69) is 25.9 Å². The molecule has 0 aliphatic heterocycles. The fraction of sp³-hybridized carbons (Fsp3) is 0.947. The predicted molar refractivity (Wildman–Crippen MR) is 95.2 cm³/mol. The molecular formula is C19H39NO2. The highest BCUT2D eigenvalue weighted by Gasteiger charge is 2.02. The molecule has 0 N–H and O–H groups in total. The lowest BCUT2D eigenvalue weighted by Gasteiger charge is -2.08. The number of esters is 1. The summed E-state index contributed by atoms with van der Waals surface area (Å²) in [6.07, 6.45) is 15.4. The van der Waals surface area contributed by atoms with Gasteiger partial charge in [0.2, 0.25) is 0 Å². The Bertz CT molecular complexity index is 242. The van der Waals surface area contributed by atoms with Crippen molar-refractivity contribution in [2.24, 2.45) is 0 Å². The fourth-order valence-electron chi connectivity index (χ4n) is 2.55. The Morgan fingerprint density at radius 2 is 1.32 bits per heavy atom. The molecule has 0 radical (unpaired) electrons. The van der Waals surface area contributed by atoms with Crippen molar-refractivity contribution < 1.29 is 9.53 Å². The van der Waals surface area contributed by atoms with Crippen LogP contribution in [0.4, 0.5) is 0 Å². The summed E-state index contributed by atoms with van der Waals surface area (Å²) in [6, 6.07) is 0. The van der Waals surface area contributed by atoms with Crippen LogP contribution in [-0.4, -0.2) is 38.1 Å². The van der Waals surface area contributed by atoms with Crippen molar-refractivity contribution in [2.45, 2.75) is 90.4 Å². The minimum atomic E-state index is -0.000672. The van der Waals surface area contributed by atoms with Crippen LogP contribution in [0.3, 0.4) is 0 Å². The molecule has 0 aromatic heterocycles. The molecule has 0 aliphatic carbocycles. The topological polar surface area (TPSA) is 29.5 Å². The maximum absolute atomic E-state index is 11.6. The van der Waals surface area contributed by atoms with Gasteiger partial charge in [-0.25, -0.2) is 0 Å². The van der Waals surface area contributed by atoms with E-state index in [9.17, 15) is 4.79 Å².